The Morgan fingerprint density at radius 2 is 2.23 bits per heavy atom. The van der Waals surface area contributed by atoms with Crippen LogP contribution in [0.3, 0.4) is 0 Å². The second kappa shape index (κ2) is 6.92. The van der Waals surface area contributed by atoms with Crippen molar-refractivity contribution >= 4 is 23.5 Å². The summed E-state index contributed by atoms with van der Waals surface area (Å²) in [4.78, 5) is 15.7. The number of ether oxygens (including phenoxy) is 1. The minimum atomic E-state index is 0.0303. The lowest BCUT2D eigenvalue weighted by atomic mass is 9.91. The molecule has 0 bridgehead atoms. The van der Waals surface area contributed by atoms with E-state index in [1.165, 1.54) is 4.90 Å². The first-order valence-corrected chi connectivity index (χ1v) is 9.18. The van der Waals surface area contributed by atoms with E-state index in [0.717, 1.165) is 50.4 Å². The molecule has 1 aromatic rings. The second-order valence-electron chi connectivity index (χ2n) is 6.18. The van der Waals surface area contributed by atoms with Crippen LogP contribution in [0.2, 0.25) is 0 Å². The van der Waals surface area contributed by atoms with Crippen LogP contribution in [0.4, 0.5) is 10.5 Å². The number of urea groups is 1. The molecule has 1 aromatic carbocycles. The summed E-state index contributed by atoms with van der Waals surface area (Å²) in [6.07, 6.45) is 4.31. The van der Waals surface area contributed by atoms with Gasteiger partial charge in [0.2, 0.25) is 0 Å². The average molecular weight is 320 g/mol. The van der Waals surface area contributed by atoms with Gasteiger partial charge in [0, 0.05) is 36.9 Å². The molecule has 4 nitrogen and oxygen atoms in total. The third-order valence-corrected chi connectivity index (χ3v) is 5.77. The van der Waals surface area contributed by atoms with Crippen LogP contribution in [0.5, 0.6) is 0 Å². The number of amides is 2. The molecule has 0 radical (unpaired) electrons. The fraction of sp³-hybridized carbons (Fsp3) is 0.588. The van der Waals surface area contributed by atoms with E-state index in [1.807, 2.05) is 17.0 Å². The van der Waals surface area contributed by atoms with E-state index in [9.17, 15) is 4.79 Å². The van der Waals surface area contributed by atoms with Gasteiger partial charge in [0.15, 0.2) is 0 Å². The van der Waals surface area contributed by atoms with Crippen LogP contribution in [-0.2, 0) is 4.74 Å². The molecule has 1 N–H and O–H groups in total. The van der Waals surface area contributed by atoms with E-state index in [1.54, 1.807) is 11.8 Å². The number of nitrogens with zero attached hydrogens (tertiary/aromatic N) is 1. The monoisotopic (exact) mass is 320 g/mol. The fourth-order valence-corrected chi connectivity index (χ4v) is 4.08. The number of rotatable bonds is 3. The Morgan fingerprint density at radius 3 is 2.95 bits per heavy atom. The first kappa shape index (κ1) is 15.7. The summed E-state index contributed by atoms with van der Waals surface area (Å²) in [6, 6.07) is 6.09. The molecule has 0 unspecified atom stereocenters. The molecule has 2 saturated heterocycles. The maximum absolute atomic E-state index is 12.5. The Bertz CT molecular complexity index is 543. The molecule has 2 heterocycles. The van der Waals surface area contributed by atoms with Gasteiger partial charge >= 0.3 is 6.03 Å². The lowest BCUT2D eigenvalue weighted by Crippen LogP contribution is -2.34. The number of hydrogen-bond acceptors (Lipinski definition) is 3. The second-order valence-corrected chi connectivity index (χ2v) is 7.03. The lowest BCUT2D eigenvalue weighted by molar-refractivity contribution is 0.171. The number of carbonyl (C=O) groups excluding carboxylic acids is 1. The Morgan fingerprint density at radius 1 is 1.36 bits per heavy atom. The molecule has 0 aliphatic carbocycles. The van der Waals surface area contributed by atoms with E-state index in [0.29, 0.717) is 11.8 Å². The summed E-state index contributed by atoms with van der Waals surface area (Å²) in [6.45, 7) is 5.53. The van der Waals surface area contributed by atoms with Gasteiger partial charge in [-0.15, -0.1) is 11.8 Å². The number of carbonyl (C=O) groups is 1. The lowest BCUT2D eigenvalue weighted by Gasteiger charge is -2.20. The van der Waals surface area contributed by atoms with Crippen LogP contribution in [0.15, 0.2) is 23.1 Å². The molecule has 0 aromatic heterocycles. The minimum Gasteiger partial charge on any atom is -0.381 e. The van der Waals surface area contributed by atoms with E-state index in [4.69, 9.17) is 4.74 Å². The highest BCUT2D eigenvalue weighted by atomic mass is 32.2. The third kappa shape index (κ3) is 3.25. The zero-order valence-electron chi connectivity index (χ0n) is 13.3. The summed E-state index contributed by atoms with van der Waals surface area (Å²) in [7, 11) is 0. The van der Waals surface area contributed by atoms with Crippen molar-refractivity contribution in [3.05, 3.63) is 23.8 Å². The summed E-state index contributed by atoms with van der Waals surface area (Å²) in [5, 5.41) is 3.08. The maximum Gasteiger partial charge on any atom is 0.321 e. The highest BCUT2D eigenvalue weighted by Gasteiger charge is 2.33. The zero-order valence-corrected chi connectivity index (χ0v) is 14.1. The maximum atomic E-state index is 12.5. The van der Waals surface area contributed by atoms with Crippen molar-refractivity contribution in [1.82, 2.24) is 4.90 Å². The summed E-state index contributed by atoms with van der Waals surface area (Å²) in [5.74, 6) is 1.24. The molecule has 2 amide bonds. The van der Waals surface area contributed by atoms with Gasteiger partial charge in [-0.25, -0.2) is 4.79 Å². The Kier molecular flexibility index (Phi) is 4.93. The topological polar surface area (TPSA) is 41.6 Å². The summed E-state index contributed by atoms with van der Waals surface area (Å²) >= 11 is 1.71. The van der Waals surface area contributed by atoms with Crippen molar-refractivity contribution in [2.75, 3.05) is 37.9 Å². The number of hydrogen-bond donors (Lipinski definition) is 1. The molecule has 2 aliphatic rings. The standard InChI is InChI=1S/C17H24N2O2S/c1-12-15(4-3-5-16(12)22-2)18-17(20)19-8-6-13(10-19)14-7-9-21-11-14/h3-5,13-14H,6-11H2,1-2H3,(H,18,20)/t13-,14-/m0/s1. The van der Waals surface area contributed by atoms with Crippen LogP contribution in [0.25, 0.3) is 0 Å². The molecule has 2 atom stereocenters. The van der Waals surface area contributed by atoms with Gasteiger partial charge in [0.05, 0.1) is 0 Å². The first-order valence-electron chi connectivity index (χ1n) is 7.96. The van der Waals surface area contributed by atoms with Gasteiger partial charge in [-0.3, -0.25) is 0 Å². The predicted molar refractivity (Wildman–Crippen MR) is 90.6 cm³/mol. The normalized spacial score (nSPS) is 24.7. The number of nitrogens with one attached hydrogen (secondary N) is 1. The van der Waals surface area contributed by atoms with Crippen LogP contribution in [0, 0.1) is 18.8 Å². The molecule has 5 heteroatoms. The Labute approximate surface area is 136 Å². The summed E-state index contributed by atoms with van der Waals surface area (Å²) in [5.41, 5.74) is 2.06. The van der Waals surface area contributed by atoms with Crippen LogP contribution < -0.4 is 5.32 Å². The Balaban J connectivity index is 1.61. The fourth-order valence-electron chi connectivity index (χ4n) is 3.45. The van der Waals surface area contributed by atoms with Gasteiger partial charge in [0.1, 0.15) is 0 Å². The number of thioether (sulfide) groups is 1. The van der Waals surface area contributed by atoms with Crippen molar-refractivity contribution < 1.29 is 9.53 Å². The van der Waals surface area contributed by atoms with E-state index in [-0.39, 0.29) is 6.03 Å². The van der Waals surface area contributed by atoms with Crippen molar-refractivity contribution in [3.63, 3.8) is 0 Å². The molecule has 120 valence electrons. The van der Waals surface area contributed by atoms with E-state index >= 15 is 0 Å². The van der Waals surface area contributed by atoms with Gasteiger partial charge in [-0.1, -0.05) is 6.07 Å². The molecule has 2 aliphatic heterocycles. The summed E-state index contributed by atoms with van der Waals surface area (Å²) < 4.78 is 5.48. The highest BCUT2D eigenvalue weighted by molar-refractivity contribution is 7.98. The first-order chi connectivity index (χ1) is 10.7. The molecule has 0 saturated carbocycles. The van der Waals surface area contributed by atoms with Crippen molar-refractivity contribution in [2.24, 2.45) is 11.8 Å². The molecule has 3 rings (SSSR count). The van der Waals surface area contributed by atoms with E-state index in [2.05, 4.69) is 24.6 Å². The predicted octanol–water partition coefficient (Wildman–Crippen LogP) is 3.61. The van der Waals surface area contributed by atoms with E-state index < -0.39 is 0 Å². The number of benzene rings is 1. The van der Waals surface area contributed by atoms with Crippen molar-refractivity contribution in [1.29, 1.82) is 0 Å². The number of anilines is 1. The Hall–Kier alpha value is -1.20. The average Bonchev–Trinajstić information content (AvgIpc) is 3.20. The van der Waals surface area contributed by atoms with Gasteiger partial charge in [-0.05, 0) is 55.6 Å². The highest BCUT2D eigenvalue weighted by Crippen LogP contribution is 2.31. The molecule has 0 spiro atoms. The number of likely N-dealkylation sites (tertiary alicyclic amines) is 1. The smallest absolute Gasteiger partial charge is 0.321 e. The molecular formula is C17H24N2O2S. The van der Waals surface area contributed by atoms with Crippen molar-refractivity contribution in [2.45, 2.75) is 24.7 Å². The van der Waals surface area contributed by atoms with Crippen LogP contribution in [0.1, 0.15) is 18.4 Å². The molecular weight excluding hydrogens is 296 g/mol. The largest absolute Gasteiger partial charge is 0.381 e. The van der Waals surface area contributed by atoms with Crippen LogP contribution in [-0.4, -0.2) is 43.5 Å². The third-order valence-electron chi connectivity index (χ3n) is 4.89. The van der Waals surface area contributed by atoms with Gasteiger partial charge < -0.3 is 15.0 Å². The SMILES string of the molecule is CSc1cccc(NC(=O)N2CC[C@H]([C@H]3CCOC3)C2)c1C. The molecule has 2 fully saturated rings. The molecule has 22 heavy (non-hydrogen) atoms. The van der Waals surface area contributed by atoms with Gasteiger partial charge in [-0.2, -0.15) is 0 Å². The quantitative estimate of drug-likeness (QED) is 0.865. The van der Waals surface area contributed by atoms with Crippen LogP contribution >= 0.6 is 11.8 Å². The minimum absolute atomic E-state index is 0.0303. The van der Waals surface area contributed by atoms with Gasteiger partial charge in [0.25, 0.3) is 0 Å². The van der Waals surface area contributed by atoms with Crippen molar-refractivity contribution in [3.8, 4) is 0 Å². The zero-order chi connectivity index (χ0) is 15.5.